The molecule has 0 N–H and O–H groups in total. The summed E-state index contributed by atoms with van der Waals surface area (Å²) in [5, 5.41) is 0. The molecule has 0 aromatic heterocycles. The van der Waals surface area contributed by atoms with Crippen LogP contribution in [-0.4, -0.2) is 12.6 Å². The van der Waals surface area contributed by atoms with E-state index in [-0.39, 0.29) is 11.8 Å². The minimum Gasteiger partial charge on any atom is -0.303 e. The number of carbonyl (C=O) groups is 2. The third-order valence-corrected chi connectivity index (χ3v) is 3.47. The van der Waals surface area contributed by atoms with E-state index in [1.807, 2.05) is 0 Å². The summed E-state index contributed by atoms with van der Waals surface area (Å²) in [6.07, 6.45) is 12.4. The molecule has 0 bridgehead atoms. The molecule has 1 aliphatic carbocycles. The van der Waals surface area contributed by atoms with Gasteiger partial charge in [-0.25, -0.2) is 0 Å². The Bertz CT molecular complexity index is 169. The maximum absolute atomic E-state index is 10.9. The van der Waals surface area contributed by atoms with Gasteiger partial charge in [-0.3, -0.25) is 0 Å². The van der Waals surface area contributed by atoms with Crippen molar-refractivity contribution in [2.75, 3.05) is 0 Å². The molecule has 0 aliphatic heterocycles. The highest BCUT2D eigenvalue weighted by molar-refractivity contribution is 5.64. The van der Waals surface area contributed by atoms with E-state index in [1.165, 1.54) is 32.1 Å². The van der Waals surface area contributed by atoms with E-state index in [2.05, 4.69) is 0 Å². The van der Waals surface area contributed by atoms with Crippen molar-refractivity contribution in [1.82, 2.24) is 0 Å². The lowest BCUT2D eigenvalue weighted by Gasteiger charge is -2.16. The molecule has 2 heteroatoms. The Balaban J connectivity index is 2.48. The zero-order chi connectivity index (χ0) is 10.9. The molecule has 1 fully saturated rings. The van der Waals surface area contributed by atoms with E-state index < -0.39 is 0 Å². The molecular formula is C13H22O2. The monoisotopic (exact) mass is 210 g/mol. The molecule has 15 heavy (non-hydrogen) atoms. The molecule has 0 radical (unpaired) electrons. The predicted molar refractivity (Wildman–Crippen MR) is 60.7 cm³/mol. The first kappa shape index (κ1) is 12.4. The largest absolute Gasteiger partial charge is 0.303 e. The van der Waals surface area contributed by atoms with E-state index in [4.69, 9.17) is 0 Å². The van der Waals surface area contributed by atoms with Crippen LogP contribution in [0.3, 0.4) is 0 Å². The Kier molecular flexibility index (Phi) is 6.29. The SMILES string of the molecule is O=CC1CCCCCCCCCC1C=O. The molecule has 0 heterocycles. The van der Waals surface area contributed by atoms with Gasteiger partial charge in [0.1, 0.15) is 12.6 Å². The molecule has 0 aromatic carbocycles. The van der Waals surface area contributed by atoms with Gasteiger partial charge in [0.05, 0.1) is 0 Å². The van der Waals surface area contributed by atoms with Crippen LogP contribution in [0.1, 0.15) is 57.8 Å². The normalized spacial score (nSPS) is 30.1. The summed E-state index contributed by atoms with van der Waals surface area (Å²) in [7, 11) is 0. The van der Waals surface area contributed by atoms with Crippen molar-refractivity contribution in [3.05, 3.63) is 0 Å². The first-order valence-electron chi connectivity index (χ1n) is 6.29. The van der Waals surface area contributed by atoms with Gasteiger partial charge in [-0.15, -0.1) is 0 Å². The van der Waals surface area contributed by atoms with Gasteiger partial charge in [0.25, 0.3) is 0 Å². The zero-order valence-electron chi connectivity index (χ0n) is 9.49. The molecule has 2 nitrogen and oxygen atoms in total. The molecule has 1 aliphatic rings. The van der Waals surface area contributed by atoms with Crippen LogP contribution in [0, 0.1) is 11.8 Å². The standard InChI is InChI=1S/C13H22O2/c14-10-12-8-6-4-2-1-3-5-7-9-13(12)11-15/h10-13H,1-9H2. The minimum atomic E-state index is -0.0133. The molecule has 0 amide bonds. The minimum absolute atomic E-state index is 0.0133. The lowest BCUT2D eigenvalue weighted by molar-refractivity contribution is -0.119. The fourth-order valence-electron chi connectivity index (χ4n) is 2.41. The summed E-state index contributed by atoms with van der Waals surface area (Å²) in [5.41, 5.74) is 0. The average Bonchev–Trinajstić information content (AvgIpc) is 2.32. The van der Waals surface area contributed by atoms with E-state index in [9.17, 15) is 9.59 Å². The Morgan fingerprint density at radius 2 is 0.933 bits per heavy atom. The highest BCUT2D eigenvalue weighted by Crippen LogP contribution is 2.23. The highest BCUT2D eigenvalue weighted by Gasteiger charge is 2.20. The average molecular weight is 210 g/mol. The maximum atomic E-state index is 10.9. The second-order valence-corrected chi connectivity index (χ2v) is 4.65. The van der Waals surface area contributed by atoms with E-state index in [1.54, 1.807) is 0 Å². The maximum Gasteiger partial charge on any atom is 0.123 e. The number of rotatable bonds is 2. The molecular weight excluding hydrogens is 188 g/mol. The van der Waals surface area contributed by atoms with Crippen LogP contribution < -0.4 is 0 Å². The van der Waals surface area contributed by atoms with Crippen molar-refractivity contribution in [2.45, 2.75) is 57.8 Å². The quantitative estimate of drug-likeness (QED) is 0.656. The van der Waals surface area contributed by atoms with Gasteiger partial charge in [0.2, 0.25) is 0 Å². The second kappa shape index (κ2) is 7.61. The summed E-state index contributed by atoms with van der Waals surface area (Å²) in [6.45, 7) is 0. The van der Waals surface area contributed by atoms with Crippen molar-refractivity contribution in [2.24, 2.45) is 11.8 Å². The van der Waals surface area contributed by atoms with Gasteiger partial charge >= 0.3 is 0 Å². The molecule has 0 aromatic rings. The van der Waals surface area contributed by atoms with E-state index in [0.29, 0.717) is 0 Å². The highest BCUT2D eigenvalue weighted by atomic mass is 16.1. The smallest absolute Gasteiger partial charge is 0.123 e. The summed E-state index contributed by atoms with van der Waals surface area (Å²) in [6, 6.07) is 0. The van der Waals surface area contributed by atoms with Crippen LogP contribution in [0.4, 0.5) is 0 Å². The number of aldehydes is 2. The van der Waals surface area contributed by atoms with Crippen LogP contribution in [0.2, 0.25) is 0 Å². The fourth-order valence-corrected chi connectivity index (χ4v) is 2.41. The van der Waals surface area contributed by atoms with E-state index >= 15 is 0 Å². The van der Waals surface area contributed by atoms with Gasteiger partial charge < -0.3 is 9.59 Å². The first-order chi connectivity index (χ1) is 7.38. The van der Waals surface area contributed by atoms with Crippen molar-refractivity contribution in [1.29, 1.82) is 0 Å². The van der Waals surface area contributed by atoms with Gasteiger partial charge in [-0.05, 0) is 12.8 Å². The third-order valence-electron chi connectivity index (χ3n) is 3.47. The number of hydrogen-bond acceptors (Lipinski definition) is 2. The molecule has 2 unspecified atom stereocenters. The van der Waals surface area contributed by atoms with Crippen LogP contribution >= 0.6 is 0 Å². The Morgan fingerprint density at radius 3 is 1.27 bits per heavy atom. The van der Waals surface area contributed by atoms with Gasteiger partial charge in [-0.1, -0.05) is 44.9 Å². The van der Waals surface area contributed by atoms with Gasteiger partial charge in [-0.2, -0.15) is 0 Å². The number of carbonyl (C=O) groups excluding carboxylic acids is 2. The Labute approximate surface area is 92.4 Å². The molecule has 86 valence electrons. The lowest BCUT2D eigenvalue weighted by Crippen LogP contribution is -2.17. The Morgan fingerprint density at radius 1 is 0.600 bits per heavy atom. The molecule has 1 rings (SSSR count). The van der Waals surface area contributed by atoms with Crippen LogP contribution in [0.25, 0.3) is 0 Å². The van der Waals surface area contributed by atoms with Crippen molar-refractivity contribution in [3.63, 3.8) is 0 Å². The van der Waals surface area contributed by atoms with Crippen molar-refractivity contribution < 1.29 is 9.59 Å². The first-order valence-corrected chi connectivity index (χ1v) is 6.29. The van der Waals surface area contributed by atoms with Crippen molar-refractivity contribution >= 4 is 12.6 Å². The van der Waals surface area contributed by atoms with Gasteiger partial charge in [0, 0.05) is 11.8 Å². The molecule has 1 saturated carbocycles. The third kappa shape index (κ3) is 4.59. The van der Waals surface area contributed by atoms with Crippen LogP contribution in [0.15, 0.2) is 0 Å². The predicted octanol–water partition coefficient (Wildman–Crippen LogP) is 3.14. The second-order valence-electron chi connectivity index (χ2n) is 4.65. The summed E-state index contributed by atoms with van der Waals surface area (Å²) >= 11 is 0. The number of hydrogen-bond donors (Lipinski definition) is 0. The van der Waals surface area contributed by atoms with Crippen LogP contribution in [0.5, 0.6) is 0 Å². The Hall–Kier alpha value is -0.660. The zero-order valence-corrected chi connectivity index (χ0v) is 9.49. The lowest BCUT2D eigenvalue weighted by atomic mass is 9.86. The summed E-state index contributed by atoms with van der Waals surface area (Å²) in [4.78, 5) is 21.8. The molecule has 2 atom stereocenters. The van der Waals surface area contributed by atoms with Crippen LogP contribution in [-0.2, 0) is 9.59 Å². The van der Waals surface area contributed by atoms with Gasteiger partial charge in [0.15, 0.2) is 0 Å². The fraction of sp³-hybridized carbons (Fsp3) is 0.846. The molecule has 0 saturated heterocycles. The molecule has 0 spiro atoms. The topological polar surface area (TPSA) is 34.1 Å². The summed E-state index contributed by atoms with van der Waals surface area (Å²) < 4.78 is 0. The van der Waals surface area contributed by atoms with E-state index in [0.717, 1.165) is 38.3 Å². The summed E-state index contributed by atoms with van der Waals surface area (Å²) in [5.74, 6) is -0.0267. The van der Waals surface area contributed by atoms with Crippen molar-refractivity contribution in [3.8, 4) is 0 Å².